The summed E-state index contributed by atoms with van der Waals surface area (Å²) in [6, 6.07) is 11.9. The molecule has 2 rings (SSSR count). The van der Waals surface area contributed by atoms with Gasteiger partial charge in [0, 0.05) is 11.1 Å². The van der Waals surface area contributed by atoms with Gasteiger partial charge in [-0.2, -0.15) is 0 Å². The zero-order valence-corrected chi connectivity index (χ0v) is 11.7. The second-order valence-electron chi connectivity index (χ2n) is 4.20. The average molecular weight is 282 g/mol. The molecule has 0 radical (unpaired) electrons. The van der Waals surface area contributed by atoms with Crippen molar-refractivity contribution in [1.29, 1.82) is 0 Å². The highest BCUT2D eigenvalue weighted by Crippen LogP contribution is 2.17. The maximum atomic E-state index is 11.2. The van der Waals surface area contributed by atoms with Gasteiger partial charge in [-0.3, -0.25) is 0 Å². The van der Waals surface area contributed by atoms with Crippen LogP contribution in [0.5, 0.6) is 11.5 Å². The summed E-state index contributed by atoms with van der Waals surface area (Å²) in [7, 11) is 3.12. The Hall–Kier alpha value is -2.93. The van der Waals surface area contributed by atoms with Crippen LogP contribution in [0.25, 0.3) is 0 Å². The lowest BCUT2D eigenvalue weighted by molar-refractivity contribution is 0.0696. The zero-order valence-electron chi connectivity index (χ0n) is 11.7. The topological polar surface area (TPSA) is 55.8 Å². The van der Waals surface area contributed by atoms with Crippen molar-refractivity contribution >= 4 is 5.97 Å². The van der Waals surface area contributed by atoms with Crippen LogP contribution in [0.1, 0.15) is 21.5 Å². The molecule has 0 fully saturated rings. The van der Waals surface area contributed by atoms with E-state index in [1.165, 1.54) is 13.2 Å². The fourth-order valence-electron chi connectivity index (χ4n) is 1.75. The predicted molar refractivity (Wildman–Crippen MR) is 78.9 cm³/mol. The van der Waals surface area contributed by atoms with Crippen molar-refractivity contribution in [3.05, 3.63) is 59.2 Å². The third-order valence-electron chi connectivity index (χ3n) is 2.89. The van der Waals surface area contributed by atoms with Crippen molar-refractivity contribution in [1.82, 2.24) is 0 Å². The molecule has 0 heterocycles. The summed E-state index contributed by atoms with van der Waals surface area (Å²) in [6.07, 6.45) is 0. The summed E-state index contributed by atoms with van der Waals surface area (Å²) in [4.78, 5) is 11.2. The first-order chi connectivity index (χ1) is 10.1. The summed E-state index contributed by atoms with van der Waals surface area (Å²) >= 11 is 0. The minimum Gasteiger partial charge on any atom is -0.497 e. The number of benzene rings is 2. The van der Waals surface area contributed by atoms with E-state index < -0.39 is 5.97 Å². The summed E-state index contributed by atoms with van der Waals surface area (Å²) in [5.74, 6) is 6.10. The molecular formula is C17H14O4. The Morgan fingerprint density at radius 3 is 2.14 bits per heavy atom. The van der Waals surface area contributed by atoms with Crippen molar-refractivity contribution < 1.29 is 19.4 Å². The van der Waals surface area contributed by atoms with E-state index in [0.717, 1.165) is 11.3 Å². The first-order valence-corrected chi connectivity index (χ1v) is 6.21. The largest absolute Gasteiger partial charge is 0.497 e. The van der Waals surface area contributed by atoms with Crippen LogP contribution < -0.4 is 9.47 Å². The van der Waals surface area contributed by atoms with Gasteiger partial charge < -0.3 is 14.6 Å². The Kier molecular flexibility index (Phi) is 4.47. The van der Waals surface area contributed by atoms with E-state index in [0.29, 0.717) is 11.3 Å². The highest BCUT2D eigenvalue weighted by atomic mass is 16.5. The van der Waals surface area contributed by atoms with Crippen molar-refractivity contribution in [3.8, 4) is 23.3 Å². The van der Waals surface area contributed by atoms with E-state index in [1.54, 1.807) is 31.4 Å². The van der Waals surface area contributed by atoms with Crippen LogP contribution >= 0.6 is 0 Å². The molecule has 0 amide bonds. The van der Waals surface area contributed by atoms with Crippen LogP contribution in [0.4, 0.5) is 0 Å². The van der Waals surface area contributed by atoms with Crippen molar-refractivity contribution in [2.75, 3.05) is 14.2 Å². The van der Waals surface area contributed by atoms with Crippen LogP contribution in [-0.4, -0.2) is 25.3 Å². The minimum atomic E-state index is -1.02. The third kappa shape index (κ3) is 3.54. The van der Waals surface area contributed by atoms with E-state index in [1.807, 2.05) is 12.1 Å². The molecule has 1 N–H and O–H groups in total. The second-order valence-corrected chi connectivity index (χ2v) is 4.20. The molecule has 21 heavy (non-hydrogen) atoms. The van der Waals surface area contributed by atoms with Gasteiger partial charge in [-0.25, -0.2) is 4.79 Å². The SMILES string of the molecule is COc1ccc(C#Cc2cc(OC)ccc2C(=O)O)cc1. The number of carbonyl (C=O) groups is 1. The lowest BCUT2D eigenvalue weighted by Crippen LogP contribution is -2.00. The molecule has 0 aromatic heterocycles. The fourth-order valence-corrected chi connectivity index (χ4v) is 1.75. The maximum Gasteiger partial charge on any atom is 0.336 e. The standard InChI is InChI=1S/C17H14O4/c1-20-14-7-4-12(5-8-14)3-6-13-11-15(21-2)9-10-16(13)17(18)19/h4-5,7-11H,1-2H3,(H,18,19). The molecule has 0 aliphatic carbocycles. The quantitative estimate of drug-likeness (QED) is 0.879. The number of methoxy groups -OCH3 is 2. The van der Waals surface area contributed by atoms with Gasteiger partial charge in [0.25, 0.3) is 0 Å². The van der Waals surface area contributed by atoms with Crippen LogP contribution in [0, 0.1) is 11.8 Å². The number of carboxylic acids is 1. The highest BCUT2D eigenvalue weighted by Gasteiger charge is 2.09. The molecule has 4 nitrogen and oxygen atoms in total. The number of carboxylic acid groups (broad SMARTS) is 1. The van der Waals surface area contributed by atoms with E-state index in [-0.39, 0.29) is 5.56 Å². The Bertz CT molecular complexity index is 706. The fraction of sp³-hybridized carbons (Fsp3) is 0.118. The molecule has 0 aliphatic heterocycles. The van der Waals surface area contributed by atoms with E-state index in [9.17, 15) is 4.79 Å². The molecule has 0 bridgehead atoms. The molecular weight excluding hydrogens is 268 g/mol. The van der Waals surface area contributed by atoms with Crippen molar-refractivity contribution in [2.45, 2.75) is 0 Å². The smallest absolute Gasteiger partial charge is 0.336 e. The van der Waals surface area contributed by atoms with E-state index in [4.69, 9.17) is 14.6 Å². The van der Waals surface area contributed by atoms with Crippen LogP contribution in [0.15, 0.2) is 42.5 Å². The first-order valence-electron chi connectivity index (χ1n) is 6.21. The molecule has 106 valence electrons. The predicted octanol–water partition coefficient (Wildman–Crippen LogP) is 2.80. The molecule has 0 aliphatic rings. The zero-order chi connectivity index (χ0) is 15.2. The number of hydrogen-bond donors (Lipinski definition) is 1. The number of aromatic carboxylic acids is 1. The molecule has 2 aromatic carbocycles. The Morgan fingerprint density at radius 2 is 1.57 bits per heavy atom. The molecule has 0 saturated carbocycles. The monoisotopic (exact) mass is 282 g/mol. The normalized spacial score (nSPS) is 9.43. The van der Waals surface area contributed by atoms with Gasteiger partial charge in [0.15, 0.2) is 0 Å². The van der Waals surface area contributed by atoms with Crippen LogP contribution in [0.2, 0.25) is 0 Å². The van der Waals surface area contributed by atoms with Gasteiger partial charge in [0.05, 0.1) is 19.8 Å². The lowest BCUT2D eigenvalue weighted by Gasteiger charge is -2.03. The second kappa shape index (κ2) is 6.49. The summed E-state index contributed by atoms with van der Waals surface area (Å²) < 4.78 is 10.2. The third-order valence-corrected chi connectivity index (χ3v) is 2.89. The summed E-state index contributed by atoms with van der Waals surface area (Å²) in [6.45, 7) is 0. The van der Waals surface area contributed by atoms with Crippen molar-refractivity contribution in [3.63, 3.8) is 0 Å². The van der Waals surface area contributed by atoms with Crippen LogP contribution in [-0.2, 0) is 0 Å². The number of hydrogen-bond acceptors (Lipinski definition) is 3. The molecule has 2 aromatic rings. The van der Waals surface area contributed by atoms with Gasteiger partial charge in [0.1, 0.15) is 11.5 Å². The highest BCUT2D eigenvalue weighted by molar-refractivity contribution is 5.91. The average Bonchev–Trinajstić information content (AvgIpc) is 2.52. The maximum absolute atomic E-state index is 11.2. The van der Waals surface area contributed by atoms with E-state index >= 15 is 0 Å². The summed E-state index contributed by atoms with van der Waals surface area (Å²) in [5.41, 5.74) is 1.34. The molecule has 0 unspecified atom stereocenters. The number of ether oxygens (including phenoxy) is 2. The van der Waals surface area contributed by atoms with Gasteiger partial charge in [-0.15, -0.1) is 0 Å². The van der Waals surface area contributed by atoms with Crippen LogP contribution in [0.3, 0.4) is 0 Å². The summed E-state index contributed by atoms with van der Waals surface area (Å²) in [5, 5.41) is 9.17. The van der Waals surface area contributed by atoms with Gasteiger partial charge in [0.2, 0.25) is 0 Å². The lowest BCUT2D eigenvalue weighted by atomic mass is 10.1. The first kappa shape index (κ1) is 14.5. The van der Waals surface area contributed by atoms with E-state index in [2.05, 4.69) is 11.8 Å². The number of rotatable bonds is 3. The Labute approximate surface area is 122 Å². The molecule has 0 saturated heterocycles. The molecule has 0 atom stereocenters. The Morgan fingerprint density at radius 1 is 0.952 bits per heavy atom. The molecule has 4 heteroatoms. The molecule has 0 spiro atoms. The Balaban J connectivity index is 2.37. The van der Waals surface area contributed by atoms with Gasteiger partial charge in [-0.05, 0) is 42.5 Å². The van der Waals surface area contributed by atoms with Crippen molar-refractivity contribution in [2.24, 2.45) is 0 Å². The van der Waals surface area contributed by atoms with Gasteiger partial charge >= 0.3 is 5.97 Å². The van der Waals surface area contributed by atoms with Gasteiger partial charge in [-0.1, -0.05) is 11.8 Å². The minimum absolute atomic E-state index is 0.150.